The summed E-state index contributed by atoms with van der Waals surface area (Å²) >= 11 is 0. The number of fused-ring (bicyclic) bond motifs is 1. The highest BCUT2D eigenvalue weighted by atomic mass is 19.1. The summed E-state index contributed by atoms with van der Waals surface area (Å²) in [5, 5.41) is 3.14. The van der Waals surface area contributed by atoms with Gasteiger partial charge in [-0.2, -0.15) is 0 Å². The van der Waals surface area contributed by atoms with E-state index < -0.39 is 0 Å². The van der Waals surface area contributed by atoms with Crippen molar-refractivity contribution in [3.8, 4) is 11.6 Å². The fraction of sp³-hybridized carbons (Fsp3) is 0.182. The zero-order valence-electron chi connectivity index (χ0n) is 15.4. The number of guanidine groups is 1. The second-order valence-electron chi connectivity index (χ2n) is 6.73. The largest absolute Gasteiger partial charge is 0.439 e. The van der Waals surface area contributed by atoms with Crippen LogP contribution in [0.1, 0.15) is 23.1 Å². The lowest BCUT2D eigenvalue weighted by Crippen LogP contribution is -2.22. The van der Waals surface area contributed by atoms with Gasteiger partial charge in [0.15, 0.2) is 5.96 Å². The lowest BCUT2D eigenvalue weighted by atomic mass is 10.1. The summed E-state index contributed by atoms with van der Waals surface area (Å²) in [5.41, 5.74) is 10.7. The van der Waals surface area contributed by atoms with E-state index in [1.165, 1.54) is 29.7 Å². The molecule has 3 aromatic rings. The van der Waals surface area contributed by atoms with Crippen LogP contribution < -0.4 is 15.8 Å². The second kappa shape index (κ2) is 8.08. The Balaban J connectivity index is 1.34. The molecule has 6 heteroatoms. The van der Waals surface area contributed by atoms with E-state index in [0.717, 1.165) is 24.1 Å². The molecule has 1 aromatic heterocycles. The molecule has 4 rings (SSSR count). The van der Waals surface area contributed by atoms with Crippen LogP contribution in [0.25, 0.3) is 0 Å². The molecule has 0 amide bonds. The number of benzene rings is 2. The van der Waals surface area contributed by atoms with Gasteiger partial charge in [0, 0.05) is 24.0 Å². The summed E-state index contributed by atoms with van der Waals surface area (Å²) in [6.07, 6.45) is 5.16. The van der Waals surface area contributed by atoms with Gasteiger partial charge in [-0.15, -0.1) is 0 Å². The van der Waals surface area contributed by atoms with E-state index in [4.69, 9.17) is 10.5 Å². The van der Waals surface area contributed by atoms with Gasteiger partial charge in [-0.25, -0.2) is 14.4 Å². The number of halogens is 1. The zero-order chi connectivity index (χ0) is 19.3. The summed E-state index contributed by atoms with van der Waals surface area (Å²) in [4.78, 5) is 8.59. The number of pyridine rings is 1. The number of hydrogen-bond acceptors (Lipinski definition) is 3. The van der Waals surface area contributed by atoms with Crippen LogP contribution in [0, 0.1) is 5.82 Å². The smallest absolute Gasteiger partial charge is 0.219 e. The number of rotatable bonds is 5. The first-order chi connectivity index (χ1) is 13.7. The third-order valence-electron chi connectivity index (χ3n) is 4.62. The lowest BCUT2D eigenvalue weighted by Gasteiger charge is -2.08. The maximum atomic E-state index is 13.2. The first-order valence-corrected chi connectivity index (χ1v) is 9.23. The van der Waals surface area contributed by atoms with E-state index in [1.807, 2.05) is 12.1 Å². The summed E-state index contributed by atoms with van der Waals surface area (Å²) in [6, 6.07) is 15.8. The maximum absolute atomic E-state index is 13.2. The molecule has 0 aliphatic heterocycles. The van der Waals surface area contributed by atoms with Crippen LogP contribution in [0.2, 0.25) is 0 Å². The SMILES string of the molecule is NC(=NCc1ccc(Oc2cccc(F)c2)nc1)Nc1ccc2c(c1)CCC2. The molecular weight excluding hydrogens is 355 g/mol. The fourth-order valence-electron chi connectivity index (χ4n) is 3.23. The van der Waals surface area contributed by atoms with Crippen LogP contribution in [0.4, 0.5) is 10.1 Å². The molecule has 142 valence electrons. The fourth-order valence-corrected chi connectivity index (χ4v) is 3.23. The number of nitrogens with one attached hydrogen (secondary N) is 1. The van der Waals surface area contributed by atoms with Crippen LogP contribution in [-0.4, -0.2) is 10.9 Å². The van der Waals surface area contributed by atoms with Gasteiger partial charge in [-0.1, -0.05) is 18.2 Å². The topological polar surface area (TPSA) is 72.5 Å². The molecule has 0 spiro atoms. The highest BCUT2D eigenvalue weighted by Gasteiger charge is 2.10. The molecule has 0 saturated carbocycles. The van der Waals surface area contributed by atoms with Crippen LogP contribution in [0.15, 0.2) is 65.8 Å². The summed E-state index contributed by atoms with van der Waals surface area (Å²) in [6.45, 7) is 0.400. The van der Waals surface area contributed by atoms with Crippen molar-refractivity contribution in [1.82, 2.24) is 4.98 Å². The molecule has 5 nitrogen and oxygen atoms in total. The molecule has 0 bridgehead atoms. The van der Waals surface area contributed by atoms with Gasteiger partial charge in [0.05, 0.1) is 6.54 Å². The summed E-state index contributed by atoms with van der Waals surface area (Å²) in [5.74, 6) is 0.802. The van der Waals surface area contributed by atoms with Crippen molar-refractivity contribution < 1.29 is 9.13 Å². The second-order valence-corrected chi connectivity index (χ2v) is 6.73. The van der Waals surface area contributed by atoms with Gasteiger partial charge in [-0.05, 0) is 60.2 Å². The normalized spacial score (nSPS) is 13.2. The molecule has 1 aliphatic carbocycles. The average Bonchev–Trinajstić information content (AvgIpc) is 3.15. The number of aliphatic imine (C=N–C) groups is 1. The lowest BCUT2D eigenvalue weighted by molar-refractivity contribution is 0.457. The van der Waals surface area contributed by atoms with Gasteiger partial charge >= 0.3 is 0 Å². The van der Waals surface area contributed by atoms with Crippen LogP contribution in [0.5, 0.6) is 11.6 Å². The van der Waals surface area contributed by atoms with Gasteiger partial charge in [-0.3, -0.25) is 0 Å². The minimum atomic E-state index is -0.352. The van der Waals surface area contributed by atoms with E-state index in [1.54, 1.807) is 24.4 Å². The van der Waals surface area contributed by atoms with Crippen molar-refractivity contribution in [1.29, 1.82) is 0 Å². The minimum Gasteiger partial charge on any atom is -0.439 e. The van der Waals surface area contributed by atoms with Gasteiger partial charge in [0.1, 0.15) is 11.6 Å². The molecule has 3 N–H and O–H groups in total. The number of nitrogens with two attached hydrogens (primary N) is 1. The third kappa shape index (κ3) is 4.46. The Labute approximate surface area is 163 Å². The highest BCUT2D eigenvalue weighted by molar-refractivity contribution is 5.92. The quantitative estimate of drug-likeness (QED) is 0.510. The molecule has 28 heavy (non-hydrogen) atoms. The van der Waals surface area contributed by atoms with E-state index in [2.05, 4.69) is 27.4 Å². The first kappa shape index (κ1) is 18.0. The van der Waals surface area contributed by atoms with Crippen LogP contribution in [-0.2, 0) is 19.4 Å². The standard InChI is InChI=1S/C22H21FN4O/c23-18-5-2-6-20(12-18)28-21-10-7-15(13-25-21)14-26-22(24)27-19-9-8-16-3-1-4-17(16)11-19/h2,5-13H,1,3-4,14H2,(H3,24,26,27). The Kier molecular flexibility index (Phi) is 5.19. The summed E-state index contributed by atoms with van der Waals surface area (Å²) < 4.78 is 18.7. The summed E-state index contributed by atoms with van der Waals surface area (Å²) in [7, 11) is 0. The molecule has 1 heterocycles. The van der Waals surface area contributed by atoms with Crippen molar-refractivity contribution in [2.75, 3.05) is 5.32 Å². The predicted molar refractivity (Wildman–Crippen MR) is 108 cm³/mol. The first-order valence-electron chi connectivity index (χ1n) is 9.23. The zero-order valence-corrected chi connectivity index (χ0v) is 15.4. The Morgan fingerprint density at radius 2 is 2.00 bits per heavy atom. The average molecular weight is 376 g/mol. The van der Waals surface area contributed by atoms with Crippen molar-refractivity contribution >= 4 is 11.6 Å². The molecule has 2 aromatic carbocycles. The Morgan fingerprint density at radius 3 is 2.82 bits per heavy atom. The number of ether oxygens (including phenoxy) is 1. The molecule has 0 radical (unpaired) electrons. The number of nitrogens with zero attached hydrogens (tertiary/aromatic N) is 2. The molecule has 0 saturated heterocycles. The number of aryl methyl sites for hydroxylation is 2. The number of anilines is 1. The minimum absolute atomic E-state index is 0.352. The van der Waals surface area contributed by atoms with Crippen molar-refractivity contribution in [3.05, 3.63) is 83.3 Å². The number of hydrogen-bond donors (Lipinski definition) is 2. The van der Waals surface area contributed by atoms with Crippen molar-refractivity contribution in [3.63, 3.8) is 0 Å². The number of aromatic nitrogens is 1. The van der Waals surface area contributed by atoms with E-state index in [-0.39, 0.29) is 5.82 Å². The Hall–Kier alpha value is -3.41. The molecule has 1 aliphatic rings. The van der Waals surface area contributed by atoms with Gasteiger partial charge in [0.25, 0.3) is 0 Å². The third-order valence-corrected chi connectivity index (χ3v) is 4.62. The van der Waals surface area contributed by atoms with Crippen LogP contribution in [0.3, 0.4) is 0 Å². The van der Waals surface area contributed by atoms with E-state index in [9.17, 15) is 4.39 Å². The maximum Gasteiger partial charge on any atom is 0.219 e. The molecule has 0 fully saturated rings. The van der Waals surface area contributed by atoms with Crippen LogP contribution >= 0.6 is 0 Å². The van der Waals surface area contributed by atoms with Gasteiger partial charge in [0.2, 0.25) is 5.88 Å². The Bertz CT molecular complexity index is 1000. The van der Waals surface area contributed by atoms with Crippen molar-refractivity contribution in [2.45, 2.75) is 25.8 Å². The predicted octanol–water partition coefficient (Wildman–Crippen LogP) is 4.43. The highest BCUT2D eigenvalue weighted by Crippen LogP contribution is 2.25. The van der Waals surface area contributed by atoms with E-state index in [0.29, 0.717) is 24.1 Å². The molecule has 0 unspecified atom stereocenters. The molecular formula is C22H21FN4O. The van der Waals surface area contributed by atoms with Gasteiger partial charge < -0.3 is 15.8 Å². The monoisotopic (exact) mass is 376 g/mol. The van der Waals surface area contributed by atoms with Crippen molar-refractivity contribution in [2.24, 2.45) is 10.7 Å². The Morgan fingerprint density at radius 1 is 1.11 bits per heavy atom. The van der Waals surface area contributed by atoms with E-state index >= 15 is 0 Å². The molecule has 0 atom stereocenters.